The smallest absolute Gasteiger partial charge is 0.256 e. The van der Waals surface area contributed by atoms with Crippen molar-refractivity contribution in [2.45, 2.75) is 32.6 Å². The Morgan fingerprint density at radius 3 is 2.53 bits per heavy atom. The molecule has 6 heteroatoms. The molecule has 178 valence electrons. The van der Waals surface area contributed by atoms with E-state index in [9.17, 15) is 9.59 Å². The fourth-order valence-electron chi connectivity index (χ4n) is 4.44. The third-order valence-corrected chi connectivity index (χ3v) is 6.19. The molecule has 2 N–H and O–H groups in total. The zero-order valence-corrected chi connectivity index (χ0v) is 19.8. The van der Waals surface area contributed by atoms with Gasteiger partial charge in [0.25, 0.3) is 11.8 Å². The van der Waals surface area contributed by atoms with Gasteiger partial charge in [-0.25, -0.2) is 0 Å². The summed E-state index contributed by atoms with van der Waals surface area (Å²) in [4.78, 5) is 28.5. The molecule has 0 spiro atoms. The van der Waals surface area contributed by atoms with Crippen molar-refractivity contribution in [2.75, 3.05) is 43.1 Å². The van der Waals surface area contributed by atoms with Crippen LogP contribution in [0.25, 0.3) is 10.8 Å². The summed E-state index contributed by atoms with van der Waals surface area (Å²) in [7, 11) is 0. The molecule has 0 radical (unpaired) electrons. The van der Waals surface area contributed by atoms with Gasteiger partial charge in [0.05, 0.1) is 5.56 Å². The molecule has 4 rings (SSSR count). The van der Waals surface area contributed by atoms with Crippen molar-refractivity contribution in [3.63, 3.8) is 0 Å². The van der Waals surface area contributed by atoms with Crippen molar-refractivity contribution >= 4 is 34.0 Å². The van der Waals surface area contributed by atoms with Crippen molar-refractivity contribution in [1.82, 2.24) is 5.32 Å². The highest BCUT2D eigenvalue weighted by Crippen LogP contribution is 2.28. The molecule has 3 aromatic rings. The van der Waals surface area contributed by atoms with Gasteiger partial charge in [-0.05, 0) is 67.6 Å². The number of ether oxygens (including phenoxy) is 1. The second-order valence-electron chi connectivity index (χ2n) is 8.57. The van der Waals surface area contributed by atoms with E-state index < -0.39 is 0 Å². The first kappa shape index (κ1) is 23.8. The number of rotatable bonds is 9. The maximum atomic E-state index is 13.1. The van der Waals surface area contributed by atoms with E-state index in [4.69, 9.17) is 4.74 Å². The molecule has 1 saturated heterocycles. The van der Waals surface area contributed by atoms with E-state index in [2.05, 4.69) is 15.5 Å². The van der Waals surface area contributed by atoms with Crippen LogP contribution in [0.5, 0.6) is 0 Å². The van der Waals surface area contributed by atoms with Gasteiger partial charge in [0.1, 0.15) is 0 Å². The number of amides is 2. The third kappa shape index (κ3) is 5.75. The minimum Gasteiger partial charge on any atom is -0.382 e. The lowest BCUT2D eigenvalue weighted by molar-refractivity contribution is 0.0943. The van der Waals surface area contributed by atoms with Gasteiger partial charge in [0.2, 0.25) is 0 Å². The molecule has 6 nitrogen and oxygen atoms in total. The van der Waals surface area contributed by atoms with Crippen LogP contribution in [0, 0.1) is 0 Å². The SMILES string of the molecule is CCOCCCNC(=O)c1cc(NC(=O)c2cccc3ccccc23)ccc1N1CCCCC1. The molecular weight excluding hydrogens is 426 g/mol. The summed E-state index contributed by atoms with van der Waals surface area (Å²) in [5.74, 6) is -0.316. The summed E-state index contributed by atoms with van der Waals surface area (Å²) in [6.45, 7) is 5.67. The van der Waals surface area contributed by atoms with Gasteiger partial charge in [-0.2, -0.15) is 0 Å². The Hall–Kier alpha value is -3.38. The lowest BCUT2D eigenvalue weighted by atomic mass is 10.0. The molecule has 0 aromatic heterocycles. The van der Waals surface area contributed by atoms with Crippen molar-refractivity contribution in [1.29, 1.82) is 0 Å². The topological polar surface area (TPSA) is 70.7 Å². The van der Waals surface area contributed by atoms with Gasteiger partial charge in [-0.1, -0.05) is 36.4 Å². The van der Waals surface area contributed by atoms with Crippen LogP contribution in [-0.2, 0) is 4.74 Å². The minimum atomic E-state index is -0.189. The number of benzene rings is 3. The Bertz CT molecular complexity index is 1130. The van der Waals surface area contributed by atoms with Gasteiger partial charge >= 0.3 is 0 Å². The van der Waals surface area contributed by atoms with Crippen molar-refractivity contribution in [2.24, 2.45) is 0 Å². The second-order valence-corrected chi connectivity index (χ2v) is 8.57. The van der Waals surface area contributed by atoms with Crippen LogP contribution in [0.3, 0.4) is 0 Å². The zero-order chi connectivity index (χ0) is 23.8. The number of hydrogen-bond donors (Lipinski definition) is 2. The van der Waals surface area contributed by atoms with E-state index in [1.165, 1.54) is 6.42 Å². The number of fused-ring (bicyclic) bond motifs is 1. The Morgan fingerprint density at radius 1 is 0.912 bits per heavy atom. The molecule has 0 atom stereocenters. The number of nitrogens with one attached hydrogen (secondary N) is 2. The van der Waals surface area contributed by atoms with Gasteiger partial charge in [0.15, 0.2) is 0 Å². The number of anilines is 2. The number of nitrogens with zero attached hydrogens (tertiary/aromatic N) is 1. The van der Waals surface area contributed by atoms with Gasteiger partial charge in [-0.15, -0.1) is 0 Å². The Morgan fingerprint density at radius 2 is 1.71 bits per heavy atom. The van der Waals surface area contributed by atoms with Crippen LogP contribution in [0.15, 0.2) is 60.7 Å². The molecule has 1 aliphatic rings. The summed E-state index contributed by atoms with van der Waals surface area (Å²) in [5, 5.41) is 7.94. The Kier molecular flexibility index (Phi) is 8.15. The van der Waals surface area contributed by atoms with Crippen LogP contribution in [0.4, 0.5) is 11.4 Å². The quantitative estimate of drug-likeness (QED) is 0.430. The highest BCUT2D eigenvalue weighted by Gasteiger charge is 2.20. The first-order valence-electron chi connectivity index (χ1n) is 12.2. The standard InChI is InChI=1S/C28H33N3O3/c1-2-34-19-9-16-29-27(32)25-20-22(14-15-26(25)31-17-6-3-7-18-31)30-28(33)24-13-8-11-21-10-4-5-12-23(21)24/h4-5,8,10-15,20H,2-3,6-7,9,16-19H2,1H3,(H,29,32)(H,30,33). The summed E-state index contributed by atoms with van der Waals surface area (Å²) >= 11 is 0. The molecule has 0 unspecified atom stereocenters. The highest BCUT2D eigenvalue weighted by molar-refractivity contribution is 6.13. The number of carbonyl (C=O) groups is 2. The molecular formula is C28H33N3O3. The largest absolute Gasteiger partial charge is 0.382 e. The van der Waals surface area contributed by atoms with Crippen molar-refractivity contribution in [3.8, 4) is 0 Å². The lowest BCUT2D eigenvalue weighted by Gasteiger charge is -2.30. The van der Waals surface area contributed by atoms with E-state index in [-0.39, 0.29) is 11.8 Å². The van der Waals surface area contributed by atoms with E-state index in [0.29, 0.717) is 36.6 Å². The Balaban J connectivity index is 1.56. The third-order valence-electron chi connectivity index (χ3n) is 6.19. The van der Waals surface area contributed by atoms with Gasteiger partial charge in [-0.3, -0.25) is 9.59 Å². The van der Waals surface area contributed by atoms with E-state index in [1.807, 2.05) is 61.5 Å². The fraction of sp³-hybridized carbons (Fsp3) is 0.357. The first-order valence-corrected chi connectivity index (χ1v) is 12.2. The maximum absolute atomic E-state index is 13.1. The average Bonchev–Trinajstić information content (AvgIpc) is 2.88. The summed E-state index contributed by atoms with van der Waals surface area (Å²) < 4.78 is 5.37. The summed E-state index contributed by atoms with van der Waals surface area (Å²) in [6, 6.07) is 19.2. The van der Waals surface area contributed by atoms with E-state index in [1.54, 1.807) is 6.07 Å². The molecule has 1 heterocycles. The maximum Gasteiger partial charge on any atom is 0.256 e. The molecule has 1 aliphatic heterocycles. The zero-order valence-electron chi connectivity index (χ0n) is 19.8. The number of piperidine rings is 1. The second kappa shape index (κ2) is 11.7. The van der Waals surface area contributed by atoms with E-state index in [0.717, 1.165) is 48.8 Å². The monoisotopic (exact) mass is 459 g/mol. The normalized spacial score (nSPS) is 13.6. The van der Waals surface area contributed by atoms with Gasteiger partial charge in [0, 0.05) is 49.8 Å². The lowest BCUT2D eigenvalue weighted by Crippen LogP contribution is -2.33. The summed E-state index contributed by atoms with van der Waals surface area (Å²) in [6.07, 6.45) is 4.22. The first-order chi connectivity index (χ1) is 16.7. The molecule has 0 aliphatic carbocycles. The number of hydrogen-bond acceptors (Lipinski definition) is 4. The van der Waals surface area contributed by atoms with Crippen molar-refractivity contribution in [3.05, 3.63) is 71.8 Å². The fourth-order valence-corrected chi connectivity index (χ4v) is 4.44. The van der Waals surface area contributed by atoms with Gasteiger partial charge < -0.3 is 20.3 Å². The summed E-state index contributed by atoms with van der Waals surface area (Å²) in [5.41, 5.74) is 2.73. The van der Waals surface area contributed by atoms with E-state index >= 15 is 0 Å². The number of carbonyl (C=O) groups excluding carboxylic acids is 2. The van der Waals surface area contributed by atoms with Crippen LogP contribution in [-0.4, -0.2) is 44.7 Å². The van der Waals surface area contributed by atoms with Crippen LogP contribution in [0.1, 0.15) is 53.3 Å². The highest BCUT2D eigenvalue weighted by atomic mass is 16.5. The minimum absolute atomic E-state index is 0.127. The molecule has 0 bridgehead atoms. The van der Waals surface area contributed by atoms with Crippen molar-refractivity contribution < 1.29 is 14.3 Å². The predicted octanol–water partition coefficient (Wildman–Crippen LogP) is 5.24. The average molecular weight is 460 g/mol. The molecule has 2 amide bonds. The molecule has 3 aromatic carbocycles. The van der Waals surface area contributed by atoms with Crippen LogP contribution >= 0.6 is 0 Å². The Labute approximate surface area is 201 Å². The molecule has 0 saturated carbocycles. The van der Waals surface area contributed by atoms with Crippen LogP contribution in [0.2, 0.25) is 0 Å². The van der Waals surface area contributed by atoms with Crippen LogP contribution < -0.4 is 15.5 Å². The molecule has 34 heavy (non-hydrogen) atoms. The molecule has 1 fully saturated rings. The predicted molar refractivity (Wildman–Crippen MR) is 138 cm³/mol.